The zero-order chi connectivity index (χ0) is 16.9. The van der Waals surface area contributed by atoms with E-state index in [1.165, 1.54) is 11.8 Å². The van der Waals surface area contributed by atoms with E-state index in [4.69, 9.17) is 4.42 Å². The first-order chi connectivity index (χ1) is 11.6. The summed E-state index contributed by atoms with van der Waals surface area (Å²) in [5, 5.41) is 11.2. The molecule has 0 atom stereocenters. The Morgan fingerprint density at radius 1 is 1.17 bits per heavy atom. The minimum Gasteiger partial charge on any atom is -0.411 e. The van der Waals surface area contributed by atoms with Gasteiger partial charge >= 0.3 is 0 Å². The van der Waals surface area contributed by atoms with E-state index >= 15 is 0 Å². The van der Waals surface area contributed by atoms with Gasteiger partial charge in [-0.05, 0) is 43.2 Å². The zero-order valence-corrected chi connectivity index (χ0v) is 14.1. The van der Waals surface area contributed by atoms with Gasteiger partial charge in [0.2, 0.25) is 11.8 Å². The van der Waals surface area contributed by atoms with Crippen LogP contribution in [0.1, 0.15) is 11.1 Å². The number of nitrogens with one attached hydrogen (secondary N) is 1. The second-order valence-corrected chi connectivity index (χ2v) is 6.12. The molecule has 122 valence electrons. The number of nitrogens with zero attached hydrogens (tertiary/aromatic N) is 3. The molecule has 0 unspecified atom stereocenters. The van der Waals surface area contributed by atoms with Crippen LogP contribution in [0, 0.1) is 13.8 Å². The Hall–Kier alpha value is -2.67. The number of hydrogen-bond donors (Lipinski definition) is 1. The highest BCUT2D eigenvalue weighted by atomic mass is 32.2. The number of carbonyl (C=O) groups excluding carboxylic acids is 1. The van der Waals surface area contributed by atoms with E-state index in [0.717, 1.165) is 22.4 Å². The lowest BCUT2D eigenvalue weighted by Gasteiger charge is -2.09. The molecule has 6 nitrogen and oxygen atoms in total. The van der Waals surface area contributed by atoms with Gasteiger partial charge in [-0.25, -0.2) is 0 Å². The molecule has 0 saturated carbocycles. The van der Waals surface area contributed by atoms with E-state index in [2.05, 4.69) is 20.5 Å². The number of hydrogen-bond acceptors (Lipinski definition) is 6. The lowest BCUT2D eigenvalue weighted by molar-refractivity contribution is -0.113. The van der Waals surface area contributed by atoms with Gasteiger partial charge in [-0.1, -0.05) is 23.9 Å². The first-order valence-electron chi connectivity index (χ1n) is 7.36. The molecule has 0 spiro atoms. The van der Waals surface area contributed by atoms with E-state index in [0.29, 0.717) is 11.1 Å². The molecule has 7 heteroatoms. The van der Waals surface area contributed by atoms with Crippen molar-refractivity contribution in [2.45, 2.75) is 19.1 Å². The summed E-state index contributed by atoms with van der Waals surface area (Å²) < 4.78 is 5.55. The Bertz CT molecular complexity index is 849. The summed E-state index contributed by atoms with van der Waals surface area (Å²) in [5.41, 5.74) is 3.82. The maximum atomic E-state index is 12.1. The molecule has 0 aliphatic carbocycles. The Labute approximate surface area is 143 Å². The molecular formula is C17H16N4O2S. The van der Waals surface area contributed by atoms with Crippen molar-refractivity contribution in [3.05, 3.63) is 53.9 Å². The number of aryl methyl sites for hydroxylation is 1. The Balaban J connectivity index is 1.59. The summed E-state index contributed by atoms with van der Waals surface area (Å²) in [6.07, 6.45) is 3.31. The van der Waals surface area contributed by atoms with Crippen molar-refractivity contribution in [1.82, 2.24) is 15.2 Å². The SMILES string of the molecule is Cc1cccc(NC(=O)CSc2nnc(-c3ccncc3)o2)c1C. The second-order valence-electron chi connectivity index (χ2n) is 5.19. The third kappa shape index (κ3) is 3.80. The Morgan fingerprint density at radius 3 is 2.75 bits per heavy atom. The fourth-order valence-corrected chi connectivity index (χ4v) is 2.64. The first kappa shape index (κ1) is 16.2. The second kappa shape index (κ2) is 7.27. The highest BCUT2D eigenvalue weighted by molar-refractivity contribution is 7.99. The lowest BCUT2D eigenvalue weighted by Crippen LogP contribution is -2.15. The van der Waals surface area contributed by atoms with Crippen LogP contribution in [0.2, 0.25) is 0 Å². The first-order valence-corrected chi connectivity index (χ1v) is 8.35. The summed E-state index contributed by atoms with van der Waals surface area (Å²) in [7, 11) is 0. The molecule has 0 saturated heterocycles. The molecule has 3 rings (SSSR count). The van der Waals surface area contributed by atoms with Crippen LogP contribution in [-0.4, -0.2) is 26.8 Å². The van der Waals surface area contributed by atoms with Crippen LogP contribution in [0.15, 0.2) is 52.4 Å². The van der Waals surface area contributed by atoms with Gasteiger partial charge in [-0.15, -0.1) is 10.2 Å². The van der Waals surface area contributed by atoms with Crippen LogP contribution < -0.4 is 5.32 Å². The predicted octanol–water partition coefficient (Wildman–Crippen LogP) is 3.48. The monoisotopic (exact) mass is 340 g/mol. The van der Waals surface area contributed by atoms with Crippen molar-refractivity contribution in [3.63, 3.8) is 0 Å². The van der Waals surface area contributed by atoms with E-state index in [1.54, 1.807) is 24.5 Å². The van der Waals surface area contributed by atoms with E-state index in [1.807, 2.05) is 32.0 Å². The number of carbonyl (C=O) groups is 1. The van der Waals surface area contributed by atoms with Crippen LogP contribution in [0.25, 0.3) is 11.5 Å². The molecule has 1 amide bonds. The van der Waals surface area contributed by atoms with Crippen molar-refractivity contribution in [2.75, 3.05) is 11.1 Å². The maximum absolute atomic E-state index is 12.1. The minimum absolute atomic E-state index is 0.114. The summed E-state index contributed by atoms with van der Waals surface area (Å²) >= 11 is 1.21. The quantitative estimate of drug-likeness (QED) is 0.716. The molecule has 0 fully saturated rings. The van der Waals surface area contributed by atoms with E-state index in [9.17, 15) is 4.79 Å². The number of pyridine rings is 1. The molecule has 1 aromatic carbocycles. The number of thioether (sulfide) groups is 1. The molecule has 0 bridgehead atoms. The van der Waals surface area contributed by atoms with Gasteiger partial charge in [-0.2, -0.15) is 0 Å². The standard InChI is InChI=1S/C17H16N4O2S/c1-11-4-3-5-14(12(11)2)19-15(22)10-24-17-21-20-16(23-17)13-6-8-18-9-7-13/h3-9H,10H2,1-2H3,(H,19,22). The number of anilines is 1. The van der Waals surface area contributed by atoms with Crippen LogP contribution in [0.3, 0.4) is 0 Å². The summed E-state index contributed by atoms with van der Waals surface area (Å²) in [6.45, 7) is 4.00. The van der Waals surface area contributed by atoms with Gasteiger partial charge in [0, 0.05) is 23.6 Å². The van der Waals surface area contributed by atoms with Gasteiger partial charge in [-0.3, -0.25) is 9.78 Å². The molecule has 0 radical (unpaired) electrons. The fraction of sp³-hybridized carbons (Fsp3) is 0.176. The van der Waals surface area contributed by atoms with Crippen LogP contribution >= 0.6 is 11.8 Å². The zero-order valence-electron chi connectivity index (χ0n) is 13.3. The molecule has 0 aliphatic rings. The summed E-state index contributed by atoms with van der Waals surface area (Å²) in [5.74, 6) is 0.498. The topological polar surface area (TPSA) is 80.9 Å². The number of amides is 1. The Morgan fingerprint density at radius 2 is 1.96 bits per heavy atom. The van der Waals surface area contributed by atoms with Crippen molar-refractivity contribution in [1.29, 1.82) is 0 Å². The molecular weight excluding hydrogens is 324 g/mol. The van der Waals surface area contributed by atoms with Crippen molar-refractivity contribution in [3.8, 4) is 11.5 Å². The molecule has 2 heterocycles. The highest BCUT2D eigenvalue weighted by Crippen LogP contribution is 2.23. The molecule has 0 aliphatic heterocycles. The number of rotatable bonds is 5. The van der Waals surface area contributed by atoms with Gasteiger partial charge in [0.25, 0.3) is 5.22 Å². The van der Waals surface area contributed by atoms with Gasteiger partial charge in [0.15, 0.2) is 0 Å². The van der Waals surface area contributed by atoms with Crippen LogP contribution in [0.5, 0.6) is 0 Å². The number of benzene rings is 1. The number of aromatic nitrogens is 3. The average molecular weight is 340 g/mol. The predicted molar refractivity (Wildman–Crippen MR) is 92.8 cm³/mol. The average Bonchev–Trinajstić information content (AvgIpc) is 3.07. The van der Waals surface area contributed by atoms with Crippen molar-refractivity contribution in [2.24, 2.45) is 0 Å². The van der Waals surface area contributed by atoms with E-state index < -0.39 is 0 Å². The summed E-state index contributed by atoms with van der Waals surface area (Å²) in [4.78, 5) is 16.0. The van der Waals surface area contributed by atoms with Crippen LogP contribution in [0.4, 0.5) is 5.69 Å². The normalized spacial score (nSPS) is 10.6. The fourth-order valence-electron chi connectivity index (χ4n) is 2.08. The van der Waals surface area contributed by atoms with Gasteiger partial charge in [0.05, 0.1) is 5.75 Å². The van der Waals surface area contributed by atoms with Gasteiger partial charge in [0.1, 0.15) is 0 Å². The molecule has 2 aromatic heterocycles. The maximum Gasteiger partial charge on any atom is 0.277 e. The minimum atomic E-state index is -0.114. The molecule has 3 aromatic rings. The third-order valence-electron chi connectivity index (χ3n) is 3.54. The Kier molecular flexibility index (Phi) is 4.90. The molecule has 24 heavy (non-hydrogen) atoms. The van der Waals surface area contributed by atoms with Crippen LogP contribution in [-0.2, 0) is 4.79 Å². The molecule has 1 N–H and O–H groups in total. The largest absolute Gasteiger partial charge is 0.411 e. The highest BCUT2D eigenvalue weighted by Gasteiger charge is 2.12. The lowest BCUT2D eigenvalue weighted by atomic mass is 10.1. The van der Waals surface area contributed by atoms with Crippen molar-refractivity contribution >= 4 is 23.4 Å². The third-order valence-corrected chi connectivity index (χ3v) is 4.36. The van der Waals surface area contributed by atoms with E-state index in [-0.39, 0.29) is 11.7 Å². The smallest absolute Gasteiger partial charge is 0.277 e. The van der Waals surface area contributed by atoms with Crippen molar-refractivity contribution < 1.29 is 9.21 Å². The van der Waals surface area contributed by atoms with Gasteiger partial charge < -0.3 is 9.73 Å². The summed E-state index contributed by atoms with van der Waals surface area (Å²) in [6, 6.07) is 9.40.